The largest absolute Gasteiger partial charge is 0.361 e. The van der Waals surface area contributed by atoms with E-state index in [1.54, 1.807) is 13.0 Å². The van der Waals surface area contributed by atoms with E-state index in [1.165, 1.54) is 0 Å². The zero-order valence-corrected chi connectivity index (χ0v) is 12.6. The number of rotatable bonds is 3. The summed E-state index contributed by atoms with van der Waals surface area (Å²) in [6, 6.07) is 3.45. The number of carbonyl (C=O) groups is 1. The van der Waals surface area contributed by atoms with Gasteiger partial charge in [0, 0.05) is 6.54 Å². The van der Waals surface area contributed by atoms with Crippen molar-refractivity contribution in [2.45, 2.75) is 33.2 Å². The fourth-order valence-corrected chi connectivity index (χ4v) is 2.77. The molecule has 2 heterocycles. The lowest BCUT2D eigenvalue weighted by Crippen LogP contribution is -2.25. The molecule has 0 saturated carbocycles. The Kier molecular flexibility index (Phi) is 3.94. The molecule has 0 aliphatic carbocycles. The van der Waals surface area contributed by atoms with Crippen LogP contribution in [0.1, 0.15) is 39.9 Å². The van der Waals surface area contributed by atoms with Crippen LogP contribution in [-0.4, -0.2) is 17.6 Å². The van der Waals surface area contributed by atoms with E-state index in [0.29, 0.717) is 42.0 Å². The smallest absolute Gasteiger partial charge is 0.261 e. The number of hydrogen-bond donors (Lipinski definition) is 2. The molecule has 5 nitrogen and oxygen atoms in total. The van der Waals surface area contributed by atoms with E-state index < -0.39 is 0 Å². The molecule has 1 aliphatic heterocycles. The average molecular weight is 303 g/mol. The summed E-state index contributed by atoms with van der Waals surface area (Å²) in [7, 11) is 0. The number of aryl methyl sites for hydroxylation is 2. The van der Waals surface area contributed by atoms with Crippen molar-refractivity contribution in [3.63, 3.8) is 0 Å². The van der Waals surface area contributed by atoms with E-state index in [9.17, 15) is 9.18 Å². The van der Waals surface area contributed by atoms with Crippen molar-refractivity contribution in [2.24, 2.45) is 0 Å². The second-order valence-corrected chi connectivity index (χ2v) is 5.36. The Morgan fingerprint density at radius 1 is 1.50 bits per heavy atom. The number of aromatic nitrogens is 1. The predicted octanol–water partition coefficient (Wildman–Crippen LogP) is 2.58. The van der Waals surface area contributed by atoms with Crippen LogP contribution >= 0.6 is 0 Å². The molecule has 0 unspecified atom stereocenters. The maximum absolute atomic E-state index is 14.6. The maximum Gasteiger partial charge on any atom is 0.261 e. The van der Waals surface area contributed by atoms with Crippen LogP contribution in [0.15, 0.2) is 16.7 Å². The van der Waals surface area contributed by atoms with Gasteiger partial charge in [-0.1, -0.05) is 18.1 Å². The van der Waals surface area contributed by atoms with Crippen molar-refractivity contribution in [3.05, 3.63) is 46.1 Å². The normalized spacial score (nSPS) is 13.8. The minimum atomic E-state index is -0.386. The molecular formula is C16H18FN3O2. The highest BCUT2D eigenvalue weighted by molar-refractivity contribution is 6.05. The highest BCUT2D eigenvalue weighted by Crippen LogP contribution is 2.25. The molecule has 3 rings (SSSR count). The fraction of sp³-hybridized carbons (Fsp3) is 0.375. The lowest BCUT2D eigenvalue weighted by molar-refractivity contribution is 0.102. The molecule has 0 spiro atoms. The number of amides is 1. The second kappa shape index (κ2) is 5.88. The van der Waals surface area contributed by atoms with E-state index in [1.807, 2.05) is 13.0 Å². The van der Waals surface area contributed by atoms with E-state index in [2.05, 4.69) is 15.8 Å². The first-order valence-corrected chi connectivity index (χ1v) is 7.39. The van der Waals surface area contributed by atoms with Gasteiger partial charge >= 0.3 is 0 Å². The second-order valence-electron chi connectivity index (χ2n) is 5.36. The lowest BCUT2D eigenvalue weighted by Gasteiger charge is -2.19. The molecular weight excluding hydrogens is 285 g/mol. The van der Waals surface area contributed by atoms with Gasteiger partial charge in [-0.2, -0.15) is 0 Å². The molecule has 6 heteroatoms. The van der Waals surface area contributed by atoms with Crippen molar-refractivity contribution >= 4 is 11.6 Å². The molecule has 1 aromatic carbocycles. The first-order chi connectivity index (χ1) is 10.6. The van der Waals surface area contributed by atoms with Crippen LogP contribution in [0.4, 0.5) is 10.1 Å². The van der Waals surface area contributed by atoms with Gasteiger partial charge in [-0.3, -0.25) is 4.79 Å². The monoisotopic (exact) mass is 303 g/mol. The van der Waals surface area contributed by atoms with Gasteiger partial charge < -0.3 is 15.2 Å². The number of nitrogens with zero attached hydrogens (tertiary/aromatic N) is 1. The minimum Gasteiger partial charge on any atom is -0.361 e. The Hall–Kier alpha value is -2.21. The number of anilines is 1. The van der Waals surface area contributed by atoms with Crippen molar-refractivity contribution in [1.82, 2.24) is 10.5 Å². The Morgan fingerprint density at radius 3 is 3.09 bits per heavy atom. The van der Waals surface area contributed by atoms with E-state index in [-0.39, 0.29) is 17.4 Å². The van der Waals surface area contributed by atoms with Crippen LogP contribution in [0.2, 0.25) is 0 Å². The molecule has 0 radical (unpaired) electrons. The number of nitrogens with one attached hydrogen (secondary N) is 2. The van der Waals surface area contributed by atoms with Gasteiger partial charge in [-0.15, -0.1) is 0 Å². The minimum absolute atomic E-state index is 0.202. The van der Waals surface area contributed by atoms with Crippen LogP contribution in [0, 0.1) is 12.7 Å². The summed E-state index contributed by atoms with van der Waals surface area (Å²) in [5, 5.41) is 9.69. The average Bonchev–Trinajstić information content (AvgIpc) is 2.91. The molecule has 116 valence electrons. The molecule has 0 saturated heterocycles. The Morgan fingerprint density at radius 2 is 2.32 bits per heavy atom. The number of halogens is 1. The first-order valence-electron chi connectivity index (χ1n) is 7.39. The SMILES string of the molecule is CCc1noc(C)c1C(=O)Nc1ccc2c(c1F)CCNC2. The van der Waals surface area contributed by atoms with E-state index in [0.717, 1.165) is 12.1 Å². The third kappa shape index (κ3) is 2.50. The van der Waals surface area contributed by atoms with Gasteiger partial charge in [-0.25, -0.2) is 4.39 Å². The van der Waals surface area contributed by atoms with Crippen LogP contribution in [-0.2, 0) is 19.4 Å². The predicted molar refractivity (Wildman–Crippen MR) is 80.4 cm³/mol. The van der Waals surface area contributed by atoms with Gasteiger partial charge in [0.25, 0.3) is 5.91 Å². The number of fused-ring (bicyclic) bond motifs is 1. The lowest BCUT2D eigenvalue weighted by atomic mass is 9.99. The summed E-state index contributed by atoms with van der Waals surface area (Å²) < 4.78 is 19.6. The van der Waals surface area contributed by atoms with E-state index in [4.69, 9.17) is 4.52 Å². The number of hydrogen-bond acceptors (Lipinski definition) is 4. The zero-order chi connectivity index (χ0) is 15.7. The molecule has 0 bridgehead atoms. The highest BCUT2D eigenvalue weighted by atomic mass is 19.1. The van der Waals surface area contributed by atoms with Crippen LogP contribution in [0.3, 0.4) is 0 Å². The quantitative estimate of drug-likeness (QED) is 0.914. The van der Waals surface area contributed by atoms with Gasteiger partial charge in [0.05, 0.1) is 11.4 Å². The Balaban J connectivity index is 1.90. The first kappa shape index (κ1) is 14.7. The molecule has 0 fully saturated rings. The van der Waals surface area contributed by atoms with Gasteiger partial charge in [0.2, 0.25) is 0 Å². The van der Waals surface area contributed by atoms with Gasteiger partial charge in [0.15, 0.2) is 0 Å². The zero-order valence-electron chi connectivity index (χ0n) is 12.6. The summed E-state index contributed by atoms with van der Waals surface area (Å²) in [5.74, 6) is -0.292. The summed E-state index contributed by atoms with van der Waals surface area (Å²) in [6.07, 6.45) is 1.20. The third-order valence-electron chi connectivity index (χ3n) is 3.95. The molecule has 1 aromatic heterocycles. The molecule has 1 aliphatic rings. The van der Waals surface area contributed by atoms with Crippen LogP contribution < -0.4 is 10.6 Å². The van der Waals surface area contributed by atoms with Gasteiger partial charge in [-0.05, 0) is 43.5 Å². The van der Waals surface area contributed by atoms with Gasteiger partial charge in [0.1, 0.15) is 17.1 Å². The topological polar surface area (TPSA) is 67.2 Å². The molecule has 2 aromatic rings. The van der Waals surface area contributed by atoms with Crippen LogP contribution in [0.25, 0.3) is 0 Å². The van der Waals surface area contributed by atoms with Crippen molar-refractivity contribution in [2.75, 3.05) is 11.9 Å². The van der Waals surface area contributed by atoms with E-state index >= 15 is 0 Å². The number of carbonyl (C=O) groups excluding carboxylic acids is 1. The number of benzene rings is 1. The molecule has 22 heavy (non-hydrogen) atoms. The Labute approximate surface area is 127 Å². The summed E-state index contributed by atoms with van der Waals surface area (Å²) in [6.45, 7) is 4.97. The third-order valence-corrected chi connectivity index (χ3v) is 3.95. The highest BCUT2D eigenvalue weighted by Gasteiger charge is 2.22. The summed E-state index contributed by atoms with van der Waals surface area (Å²) >= 11 is 0. The molecule has 2 N–H and O–H groups in total. The van der Waals surface area contributed by atoms with Crippen molar-refractivity contribution < 1.29 is 13.7 Å². The maximum atomic E-state index is 14.6. The van der Waals surface area contributed by atoms with Crippen LogP contribution in [0.5, 0.6) is 0 Å². The van der Waals surface area contributed by atoms with Crippen molar-refractivity contribution in [3.8, 4) is 0 Å². The molecule has 1 amide bonds. The summed E-state index contributed by atoms with van der Waals surface area (Å²) in [4.78, 5) is 12.4. The van der Waals surface area contributed by atoms with Crippen molar-refractivity contribution in [1.29, 1.82) is 0 Å². The summed E-state index contributed by atoms with van der Waals surface area (Å²) in [5.41, 5.74) is 2.79. The molecule has 0 atom stereocenters. The fourth-order valence-electron chi connectivity index (χ4n) is 2.77. The Bertz CT molecular complexity index is 724. The standard InChI is InChI=1S/C16H18FN3O2/c1-3-12-14(9(2)22-20-12)16(21)19-13-5-4-10-8-18-7-6-11(10)15(13)17/h4-5,18H,3,6-8H2,1-2H3,(H,19,21).